The summed E-state index contributed by atoms with van der Waals surface area (Å²) in [5, 5.41) is 0.666. The molecule has 8 heteroatoms. The molecule has 184 valence electrons. The van der Waals surface area contributed by atoms with Crippen LogP contribution in [0.2, 0.25) is 0 Å². The standard InChI is InChI=1S/C28H25NO7/c1-32-24-13-19(14-25(33-2)26(24)34-3)23-15-21(20-7-5-6-8-22(20)29-23)28(31)36-16-17-9-11-18(12-10-17)27(30)35-4/h5-15H,16H2,1-4H3. The second kappa shape index (κ2) is 10.8. The molecule has 0 saturated heterocycles. The van der Waals surface area contributed by atoms with Crippen molar-refractivity contribution in [2.75, 3.05) is 28.4 Å². The highest BCUT2D eigenvalue weighted by Crippen LogP contribution is 2.41. The summed E-state index contributed by atoms with van der Waals surface area (Å²) in [5.41, 5.74) is 3.39. The number of benzene rings is 3. The van der Waals surface area contributed by atoms with Crippen molar-refractivity contribution >= 4 is 22.8 Å². The Morgan fingerprint density at radius 3 is 2.06 bits per heavy atom. The van der Waals surface area contributed by atoms with Crippen molar-refractivity contribution in [2.24, 2.45) is 0 Å². The second-order valence-corrected chi connectivity index (χ2v) is 7.75. The zero-order chi connectivity index (χ0) is 25.7. The van der Waals surface area contributed by atoms with Crippen LogP contribution in [-0.2, 0) is 16.1 Å². The van der Waals surface area contributed by atoms with E-state index in [2.05, 4.69) is 0 Å². The Balaban J connectivity index is 1.68. The number of ether oxygens (including phenoxy) is 5. The first-order valence-corrected chi connectivity index (χ1v) is 11.0. The fourth-order valence-corrected chi connectivity index (χ4v) is 3.80. The van der Waals surface area contributed by atoms with Gasteiger partial charge in [0.15, 0.2) is 11.5 Å². The Morgan fingerprint density at radius 1 is 0.778 bits per heavy atom. The van der Waals surface area contributed by atoms with E-state index in [0.717, 1.165) is 5.56 Å². The van der Waals surface area contributed by atoms with E-state index in [0.29, 0.717) is 50.5 Å². The van der Waals surface area contributed by atoms with E-state index in [-0.39, 0.29) is 6.61 Å². The number of methoxy groups -OCH3 is 4. The zero-order valence-electron chi connectivity index (χ0n) is 20.4. The van der Waals surface area contributed by atoms with Crippen LogP contribution >= 0.6 is 0 Å². The minimum Gasteiger partial charge on any atom is -0.493 e. The van der Waals surface area contributed by atoms with E-state index < -0.39 is 11.9 Å². The Morgan fingerprint density at radius 2 is 1.44 bits per heavy atom. The average molecular weight is 488 g/mol. The Labute approximate surface area is 208 Å². The van der Waals surface area contributed by atoms with Gasteiger partial charge in [-0.25, -0.2) is 14.6 Å². The van der Waals surface area contributed by atoms with Gasteiger partial charge in [0.1, 0.15) is 6.61 Å². The molecule has 36 heavy (non-hydrogen) atoms. The second-order valence-electron chi connectivity index (χ2n) is 7.75. The van der Waals surface area contributed by atoms with Crippen LogP contribution in [0.15, 0.2) is 66.7 Å². The van der Waals surface area contributed by atoms with Crippen LogP contribution in [0.25, 0.3) is 22.2 Å². The lowest BCUT2D eigenvalue weighted by Gasteiger charge is -2.15. The molecule has 0 amide bonds. The van der Waals surface area contributed by atoms with Gasteiger partial charge in [0.25, 0.3) is 0 Å². The molecule has 0 aliphatic carbocycles. The summed E-state index contributed by atoms with van der Waals surface area (Å²) in [4.78, 5) is 29.6. The van der Waals surface area contributed by atoms with Gasteiger partial charge in [-0.05, 0) is 42.0 Å². The monoisotopic (exact) mass is 487 g/mol. The molecule has 0 bridgehead atoms. The highest BCUT2D eigenvalue weighted by Gasteiger charge is 2.19. The molecule has 0 spiro atoms. The van der Waals surface area contributed by atoms with Crippen molar-refractivity contribution < 1.29 is 33.3 Å². The van der Waals surface area contributed by atoms with Gasteiger partial charge < -0.3 is 23.7 Å². The number of nitrogens with zero attached hydrogens (tertiary/aromatic N) is 1. The number of aromatic nitrogens is 1. The summed E-state index contributed by atoms with van der Waals surface area (Å²) in [6.07, 6.45) is 0. The third-order valence-electron chi connectivity index (χ3n) is 5.64. The SMILES string of the molecule is COC(=O)c1ccc(COC(=O)c2cc(-c3cc(OC)c(OC)c(OC)c3)nc3ccccc23)cc1. The van der Waals surface area contributed by atoms with Crippen molar-refractivity contribution in [3.8, 4) is 28.5 Å². The molecular formula is C28H25NO7. The maximum Gasteiger partial charge on any atom is 0.339 e. The molecule has 4 rings (SSSR count). The third-order valence-corrected chi connectivity index (χ3v) is 5.64. The lowest BCUT2D eigenvalue weighted by Crippen LogP contribution is -2.08. The van der Waals surface area contributed by atoms with E-state index >= 15 is 0 Å². The van der Waals surface area contributed by atoms with Crippen LogP contribution in [0.4, 0.5) is 0 Å². The summed E-state index contributed by atoms with van der Waals surface area (Å²) >= 11 is 0. The number of fused-ring (bicyclic) bond motifs is 1. The molecule has 3 aromatic carbocycles. The van der Waals surface area contributed by atoms with Crippen LogP contribution in [0, 0.1) is 0 Å². The van der Waals surface area contributed by atoms with Crippen molar-refractivity contribution in [1.82, 2.24) is 4.98 Å². The molecule has 0 aliphatic rings. The summed E-state index contributed by atoms with van der Waals surface area (Å²) < 4.78 is 26.7. The van der Waals surface area contributed by atoms with Crippen LogP contribution < -0.4 is 14.2 Å². The fraction of sp³-hybridized carbons (Fsp3) is 0.179. The van der Waals surface area contributed by atoms with Crippen LogP contribution in [0.3, 0.4) is 0 Å². The van der Waals surface area contributed by atoms with Crippen molar-refractivity contribution in [2.45, 2.75) is 6.61 Å². The Kier molecular flexibility index (Phi) is 7.34. The number of hydrogen-bond acceptors (Lipinski definition) is 8. The van der Waals surface area contributed by atoms with E-state index in [1.165, 1.54) is 28.4 Å². The highest BCUT2D eigenvalue weighted by molar-refractivity contribution is 6.04. The largest absolute Gasteiger partial charge is 0.493 e. The smallest absolute Gasteiger partial charge is 0.339 e. The molecule has 0 N–H and O–H groups in total. The summed E-state index contributed by atoms with van der Waals surface area (Å²) in [6.45, 7) is 0.0381. The van der Waals surface area contributed by atoms with Gasteiger partial charge in [-0.2, -0.15) is 0 Å². The van der Waals surface area contributed by atoms with Gasteiger partial charge in [-0.3, -0.25) is 0 Å². The van der Waals surface area contributed by atoms with Gasteiger partial charge in [0, 0.05) is 10.9 Å². The molecule has 4 aromatic rings. The van der Waals surface area contributed by atoms with Crippen LogP contribution in [0.5, 0.6) is 17.2 Å². The van der Waals surface area contributed by atoms with Gasteiger partial charge in [0.2, 0.25) is 5.75 Å². The molecule has 1 aromatic heterocycles. The van der Waals surface area contributed by atoms with Crippen LogP contribution in [-0.4, -0.2) is 45.4 Å². The van der Waals surface area contributed by atoms with Crippen LogP contribution in [0.1, 0.15) is 26.3 Å². The molecule has 0 unspecified atom stereocenters. The average Bonchev–Trinajstić information content (AvgIpc) is 2.94. The lowest BCUT2D eigenvalue weighted by molar-refractivity contribution is 0.0473. The molecule has 0 saturated carbocycles. The van der Waals surface area contributed by atoms with Crippen molar-refractivity contribution in [3.05, 3.63) is 83.4 Å². The fourth-order valence-electron chi connectivity index (χ4n) is 3.80. The number of hydrogen-bond donors (Lipinski definition) is 0. The summed E-state index contributed by atoms with van der Waals surface area (Å²) in [5.74, 6) is 0.477. The number of pyridine rings is 1. The number of rotatable bonds is 8. The quantitative estimate of drug-likeness (QED) is 0.318. The summed E-state index contributed by atoms with van der Waals surface area (Å²) in [7, 11) is 5.93. The predicted octanol–water partition coefficient (Wildman–Crippen LogP) is 5.07. The summed E-state index contributed by atoms with van der Waals surface area (Å²) in [6, 6.07) is 19.3. The topological polar surface area (TPSA) is 93.2 Å². The van der Waals surface area contributed by atoms with E-state index in [1.54, 1.807) is 42.5 Å². The van der Waals surface area contributed by atoms with Gasteiger partial charge in [0.05, 0.1) is 50.8 Å². The third kappa shape index (κ3) is 4.93. The van der Waals surface area contributed by atoms with Gasteiger partial charge >= 0.3 is 11.9 Å². The minimum absolute atomic E-state index is 0.0381. The first-order valence-electron chi connectivity index (χ1n) is 11.0. The molecule has 0 radical (unpaired) electrons. The maximum atomic E-state index is 13.2. The normalized spacial score (nSPS) is 10.6. The van der Waals surface area contributed by atoms with E-state index in [4.69, 9.17) is 28.7 Å². The number of carbonyl (C=O) groups is 2. The molecule has 1 heterocycles. The van der Waals surface area contributed by atoms with Crippen molar-refractivity contribution in [1.29, 1.82) is 0 Å². The molecule has 8 nitrogen and oxygen atoms in total. The minimum atomic E-state index is -0.501. The van der Waals surface area contributed by atoms with E-state index in [9.17, 15) is 9.59 Å². The molecule has 0 atom stereocenters. The molecule has 0 fully saturated rings. The first-order chi connectivity index (χ1) is 17.5. The number of esters is 2. The Bertz CT molecular complexity index is 1390. The number of carbonyl (C=O) groups excluding carboxylic acids is 2. The predicted molar refractivity (Wildman–Crippen MR) is 134 cm³/mol. The van der Waals surface area contributed by atoms with Gasteiger partial charge in [-0.15, -0.1) is 0 Å². The molecule has 0 aliphatic heterocycles. The van der Waals surface area contributed by atoms with E-state index in [1.807, 2.05) is 24.3 Å². The first kappa shape index (κ1) is 24.5. The highest BCUT2D eigenvalue weighted by atomic mass is 16.5. The zero-order valence-corrected chi connectivity index (χ0v) is 20.4. The van der Waals surface area contributed by atoms with Crippen molar-refractivity contribution in [3.63, 3.8) is 0 Å². The number of para-hydroxylation sites is 1. The molecular weight excluding hydrogens is 462 g/mol. The lowest BCUT2D eigenvalue weighted by atomic mass is 10.0. The Hall–Kier alpha value is -4.59. The van der Waals surface area contributed by atoms with Gasteiger partial charge in [-0.1, -0.05) is 30.3 Å². The maximum absolute atomic E-state index is 13.2.